The second-order valence-electron chi connectivity index (χ2n) is 5.04. The zero-order chi connectivity index (χ0) is 12.8. The van der Waals surface area contributed by atoms with Crippen LogP contribution < -0.4 is 5.32 Å². The van der Waals surface area contributed by atoms with E-state index in [0.29, 0.717) is 12.6 Å². The van der Waals surface area contributed by atoms with Gasteiger partial charge < -0.3 is 19.4 Å². The summed E-state index contributed by atoms with van der Waals surface area (Å²) >= 11 is 0. The smallest absolute Gasteiger partial charge is 0.133 e. The normalized spacial score (nSPS) is 21.3. The van der Waals surface area contributed by atoms with Crippen molar-refractivity contribution in [1.82, 2.24) is 10.2 Å². The van der Waals surface area contributed by atoms with Crippen molar-refractivity contribution in [1.29, 1.82) is 0 Å². The molecule has 2 rings (SSSR count). The summed E-state index contributed by atoms with van der Waals surface area (Å²) in [6.45, 7) is 3.41. The minimum Gasteiger partial charge on any atom is -0.467 e. The van der Waals surface area contributed by atoms with E-state index in [-0.39, 0.29) is 0 Å². The van der Waals surface area contributed by atoms with Crippen LogP contribution in [0.2, 0.25) is 0 Å². The first-order valence-electron chi connectivity index (χ1n) is 6.79. The molecule has 0 saturated carbocycles. The van der Waals surface area contributed by atoms with E-state index in [1.165, 1.54) is 31.4 Å². The van der Waals surface area contributed by atoms with Crippen molar-refractivity contribution in [2.24, 2.45) is 0 Å². The second kappa shape index (κ2) is 6.92. The SMILES string of the molecule is CNCc1ccoc1COCC1CCCCN1C. The van der Waals surface area contributed by atoms with Crippen LogP contribution in [0.15, 0.2) is 16.7 Å². The Bertz CT molecular complexity index is 351. The Kier molecular flexibility index (Phi) is 5.23. The van der Waals surface area contributed by atoms with Crippen LogP contribution >= 0.6 is 0 Å². The van der Waals surface area contributed by atoms with Gasteiger partial charge in [0.25, 0.3) is 0 Å². The summed E-state index contributed by atoms with van der Waals surface area (Å²) in [5, 5.41) is 3.13. The van der Waals surface area contributed by atoms with Crippen LogP contribution in [0.3, 0.4) is 0 Å². The van der Waals surface area contributed by atoms with Gasteiger partial charge in [0, 0.05) is 18.2 Å². The van der Waals surface area contributed by atoms with Crippen molar-refractivity contribution in [2.75, 3.05) is 27.2 Å². The second-order valence-corrected chi connectivity index (χ2v) is 5.04. The largest absolute Gasteiger partial charge is 0.467 e. The fourth-order valence-corrected chi connectivity index (χ4v) is 2.48. The minimum absolute atomic E-state index is 0.571. The van der Waals surface area contributed by atoms with Crippen LogP contribution in [-0.4, -0.2) is 38.2 Å². The maximum atomic E-state index is 5.81. The van der Waals surface area contributed by atoms with Gasteiger partial charge in [0.15, 0.2) is 0 Å². The Morgan fingerprint density at radius 2 is 2.39 bits per heavy atom. The molecule has 1 aromatic rings. The molecule has 0 aromatic carbocycles. The summed E-state index contributed by atoms with van der Waals surface area (Å²) in [6.07, 6.45) is 5.62. The first-order valence-corrected chi connectivity index (χ1v) is 6.79. The van der Waals surface area contributed by atoms with Crippen LogP contribution in [0.4, 0.5) is 0 Å². The lowest BCUT2D eigenvalue weighted by Crippen LogP contribution is -2.39. The third kappa shape index (κ3) is 3.57. The van der Waals surface area contributed by atoms with Crippen molar-refractivity contribution in [3.63, 3.8) is 0 Å². The minimum atomic E-state index is 0.571. The number of ether oxygens (including phenoxy) is 1. The van der Waals surface area contributed by atoms with Gasteiger partial charge in [0.2, 0.25) is 0 Å². The lowest BCUT2D eigenvalue weighted by atomic mass is 10.0. The molecule has 18 heavy (non-hydrogen) atoms. The molecular formula is C14H24N2O2. The Morgan fingerprint density at radius 1 is 1.50 bits per heavy atom. The Hall–Kier alpha value is -0.840. The number of rotatable bonds is 6. The molecule has 1 N–H and O–H groups in total. The summed E-state index contributed by atoms with van der Waals surface area (Å²) in [5.74, 6) is 0.947. The maximum Gasteiger partial charge on any atom is 0.133 e. The summed E-state index contributed by atoms with van der Waals surface area (Å²) < 4.78 is 11.3. The summed E-state index contributed by atoms with van der Waals surface area (Å²) in [5.41, 5.74) is 1.19. The highest BCUT2D eigenvalue weighted by Gasteiger charge is 2.19. The van der Waals surface area contributed by atoms with Crippen LogP contribution in [-0.2, 0) is 17.9 Å². The topological polar surface area (TPSA) is 37.6 Å². The van der Waals surface area contributed by atoms with Crippen molar-refractivity contribution < 1.29 is 9.15 Å². The Labute approximate surface area is 109 Å². The number of nitrogens with zero attached hydrogens (tertiary/aromatic N) is 1. The van der Waals surface area contributed by atoms with E-state index < -0.39 is 0 Å². The summed E-state index contributed by atoms with van der Waals surface area (Å²) in [4.78, 5) is 2.40. The van der Waals surface area contributed by atoms with Gasteiger partial charge in [-0.25, -0.2) is 0 Å². The van der Waals surface area contributed by atoms with Crippen LogP contribution in [0.1, 0.15) is 30.6 Å². The number of furan rings is 1. The molecule has 4 heteroatoms. The van der Waals surface area contributed by atoms with E-state index in [1.807, 2.05) is 13.1 Å². The molecule has 0 aliphatic carbocycles. The van der Waals surface area contributed by atoms with Crippen molar-refractivity contribution in [3.05, 3.63) is 23.7 Å². The molecule has 0 spiro atoms. The first-order chi connectivity index (χ1) is 8.81. The average Bonchev–Trinajstić information content (AvgIpc) is 2.80. The molecule has 0 amide bonds. The number of nitrogens with one attached hydrogen (secondary N) is 1. The Morgan fingerprint density at radius 3 is 3.17 bits per heavy atom. The maximum absolute atomic E-state index is 5.81. The molecule has 4 nitrogen and oxygen atoms in total. The standard InChI is InChI=1S/C14H24N2O2/c1-15-9-12-6-8-18-14(12)11-17-10-13-5-3-4-7-16(13)2/h6,8,13,15H,3-5,7,9-11H2,1-2H3. The fraction of sp³-hybridized carbons (Fsp3) is 0.714. The van der Waals surface area contributed by atoms with Gasteiger partial charge in [-0.05, 0) is 39.5 Å². The number of hydrogen-bond acceptors (Lipinski definition) is 4. The average molecular weight is 252 g/mol. The van der Waals surface area contributed by atoms with E-state index in [4.69, 9.17) is 9.15 Å². The van der Waals surface area contributed by atoms with Crippen LogP contribution in [0.5, 0.6) is 0 Å². The van der Waals surface area contributed by atoms with Crippen molar-refractivity contribution in [3.8, 4) is 0 Å². The first kappa shape index (κ1) is 13.6. The fourth-order valence-electron chi connectivity index (χ4n) is 2.48. The molecule has 1 saturated heterocycles. The van der Waals surface area contributed by atoms with Crippen molar-refractivity contribution >= 4 is 0 Å². The molecule has 1 aliphatic heterocycles. The van der Waals surface area contributed by atoms with E-state index in [1.54, 1.807) is 6.26 Å². The molecule has 1 aromatic heterocycles. The van der Waals surface area contributed by atoms with Gasteiger partial charge in [-0.15, -0.1) is 0 Å². The highest BCUT2D eigenvalue weighted by molar-refractivity contribution is 5.15. The Balaban J connectivity index is 1.75. The van der Waals surface area contributed by atoms with Crippen molar-refractivity contribution in [2.45, 2.75) is 38.5 Å². The number of hydrogen-bond donors (Lipinski definition) is 1. The van der Waals surface area contributed by atoms with Gasteiger partial charge in [0.1, 0.15) is 12.4 Å². The van der Waals surface area contributed by atoms with Crippen LogP contribution in [0, 0.1) is 0 Å². The summed E-state index contributed by atoms with van der Waals surface area (Å²) in [6, 6.07) is 2.57. The van der Waals surface area contributed by atoms with E-state index in [0.717, 1.165) is 18.9 Å². The van der Waals surface area contributed by atoms with Crippen LogP contribution in [0.25, 0.3) is 0 Å². The van der Waals surface area contributed by atoms with E-state index in [2.05, 4.69) is 17.3 Å². The number of likely N-dealkylation sites (N-methyl/N-ethyl adjacent to an activating group) is 1. The highest BCUT2D eigenvalue weighted by atomic mass is 16.5. The third-order valence-electron chi connectivity index (χ3n) is 3.67. The molecule has 0 radical (unpaired) electrons. The van der Waals surface area contributed by atoms with Gasteiger partial charge in [-0.2, -0.15) is 0 Å². The van der Waals surface area contributed by atoms with Gasteiger partial charge in [-0.3, -0.25) is 0 Å². The molecule has 1 atom stereocenters. The lowest BCUT2D eigenvalue weighted by molar-refractivity contribution is 0.0370. The highest BCUT2D eigenvalue weighted by Crippen LogP contribution is 2.17. The monoisotopic (exact) mass is 252 g/mol. The predicted molar refractivity (Wildman–Crippen MR) is 71.4 cm³/mol. The lowest BCUT2D eigenvalue weighted by Gasteiger charge is -2.32. The van der Waals surface area contributed by atoms with Gasteiger partial charge in [0.05, 0.1) is 12.9 Å². The predicted octanol–water partition coefficient (Wildman–Crippen LogP) is 2.00. The molecule has 102 valence electrons. The van der Waals surface area contributed by atoms with Gasteiger partial charge in [-0.1, -0.05) is 6.42 Å². The zero-order valence-electron chi connectivity index (χ0n) is 11.4. The molecule has 1 fully saturated rings. The quantitative estimate of drug-likeness (QED) is 0.840. The van der Waals surface area contributed by atoms with E-state index >= 15 is 0 Å². The number of likely N-dealkylation sites (tertiary alicyclic amines) is 1. The summed E-state index contributed by atoms with van der Waals surface area (Å²) in [7, 11) is 4.13. The number of piperidine rings is 1. The molecule has 0 bridgehead atoms. The molecule has 1 aliphatic rings. The molecule has 2 heterocycles. The molecule has 1 unspecified atom stereocenters. The third-order valence-corrected chi connectivity index (χ3v) is 3.67. The van der Waals surface area contributed by atoms with E-state index in [9.17, 15) is 0 Å². The van der Waals surface area contributed by atoms with Gasteiger partial charge >= 0.3 is 0 Å². The molecular weight excluding hydrogens is 228 g/mol. The zero-order valence-corrected chi connectivity index (χ0v) is 11.4.